The van der Waals surface area contributed by atoms with Crippen LogP contribution in [0.1, 0.15) is 20.9 Å². The maximum Gasteiger partial charge on any atom is 0.271 e. The van der Waals surface area contributed by atoms with E-state index in [1.54, 1.807) is 0 Å². The van der Waals surface area contributed by atoms with E-state index in [2.05, 4.69) is 46.1 Å². The highest BCUT2D eigenvalue weighted by atomic mass is 32.1. The number of hydrogen-bond acceptors (Lipinski definition) is 3. The van der Waals surface area contributed by atoms with Gasteiger partial charge in [0.15, 0.2) is 0 Å². The SMILES string of the molecule is [C-]#[N+]/C(C#N)=C1/c2ccc3ccccc3c2-c2c1sc1c2-c2c(ccc3ccccc23)/C1=C(/C#N)[N+]#[C-]. The molecule has 0 fully saturated rings. The fourth-order valence-corrected chi connectivity index (χ4v) is 7.18. The third-order valence-corrected chi connectivity index (χ3v) is 8.39. The van der Waals surface area contributed by atoms with Crippen molar-refractivity contribution in [2.24, 2.45) is 0 Å². The van der Waals surface area contributed by atoms with Crippen molar-refractivity contribution in [2.75, 3.05) is 0 Å². The second kappa shape index (κ2) is 7.52. The van der Waals surface area contributed by atoms with Crippen LogP contribution >= 0.6 is 11.3 Å². The van der Waals surface area contributed by atoms with Crippen LogP contribution in [0.5, 0.6) is 0 Å². The van der Waals surface area contributed by atoms with Crippen molar-refractivity contribution in [1.29, 1.82) is 10.5 Å². The summed E-state index contributed by atoms with van der Waals surface area (Å²) < 4.78 is 0. The van der Waals surface area contributed by atoms with Gasteiger partial charge in [-0.05, 0) is 43.8 Å². The number of rotatable bonds is 0. The van der Waals surface area contributed by atoms with Gasteiger partial charge < -0.3 is 0 Å². The van der Waals surface area contributed by atoms with Crippen molar-refractivity contribution < 1.29 is 0 Å². The Hall–Kier alpha value is -5.46. The lowest BCUT2D eigenvalue weighted by atomic mass is 9.92. The minimum Gasteiger partial charge on any atom is -0.226 e. The summed E-state index contributed by atoms with van der Waals surface area (Å²) in [4.78, 5) is 8.88. The molecule has 5 aromatic rings. The number of hydrogen-bond donors (Lipinski definition) is 0. The molecular weight excluding hydrogens is 472 g/mol. The van der Waals surface area contributed by atoms with Gasteiger partial charge in [-0.2, -0.15) is 0 Å². The summed E-state index contributed by atoms with van der Waals surface area (Å²) >= 11 is 1.47. The highest BCUT2D eigenvalue weighted by Crippen LogP contribution is 2.63. The molecule has 0 bridgehead atoms. The molecule has 1 aromatic heterocycles. The normalized spacial score (nSPS) is 15.0. The molecule has 0 saturated heterocycles. The summed E-state index contributed by atoms with van der Waals surface area (Å²) in [5.74, 6) is 0. The first-order valence-corrected chi connectivity index (χ1v) is 12.3. The third kappa shape index (κ3) is 2.56. The van der Waals surface area contributed by atoms with Crippen LogP contribution in [0, 0.1) is 35.8 Å². The molecule has 5 heteroatoms. The zero-order valence-corrected chi connectivity index (χ0v) is 19.9. The number of allylic oxidation sites excluding steroid dienone is 2. The predicted octanol–water partition coefficient (Wildman–Crippen LogP) is 8.42. The van der Waals surface area contributed by atoms with E-state index in [-0.39, 0.29) is 11.4 Å². The van der Waals surface area contributed by atoms with Gasteiger partial charge >= 0.3 is 0 Å². The second-order valence-corrected chi connectivity index (χ2v) is 9.84. The summed E-state index contributed by atoms with van der Waals surface area (Å²) in [6.45, 7) is 15.5. The van der Waals surface area contributed by atoms with Crippen LogP contribution in [0.3, 0.4) is 0 Å². The Labute approximate surface area is 216 Å². The van der Waals surface area contributed by atoms with E-state index < -0.39 is 0 Å². The summed E-state index contributed by atoms with van der Waals surface area (Å²) in [6.07, 6.45) is 0. The Kier molecular flexibility index (Phi) is 4.24. The van der Waals surface area contributed by atoms with E-state index in [9.17, 15) is 10.5 Å². The van der Waals surface area contributed by atoms with Gasteiger partial charge in [-0.3, -0.25) is 0 Å². The van der Waals surface area contributed by atoms with Gasteiger partial charge in [0.05, 0.1) is 25.3 Å². The third-order valence-electron chi connectivity index (χ3n) is 7.17. The number of fused-ring (bicyclic) bond motifs is 11. The van der Waals surface area contributed by atoms with Gasteiger partial charge in [-0.15, -0.1) is 11.3 Å². The largest absolute Gasteiger partial charge is 0.271 e. The molecule has 0 aliphatic heterocycles. The molecule has 4 aromatic carbocycles. The first-order valence-electron chi connectivity index (χ1n) is 11.5. The van der Waals surface area contributed by atoms with Crippen molar-refractivity contribution in [1.82, 2.24) is 0 Å². The molecule has 0 unspecified atom stereocenters. The Balaban J connectivity index is 1.76. The van der Waals surface area contributed by atoms with Crippen LogP contribution in [0.25, 0.3) is 64.6 Å². The van der Waals surface area contributed by atoms with Crippen LogP contribution in [-0.2, 0) is 0 Å². The average Bonchev–Trinajstić information content (AvgIpc) is 3.57. The summed E-state index contributed by atoms with van der Waals surface area (Å²) in [7, 11) is 0. The lowest BCUT2D eigenvalue weighted by molar-refractivity contribution is 1.50. The molecule has 1 heterocycles. The number of benzene rings is 4. The molecule has 0 N–H and O–H groups in total. The zero-order chi connectivity index (χ0) is 25.3. The quantitative estimate of drug-likeness (QED) is 0.160. The minimum atomic E-state index is 0.0459. The highest BCUT2D eigenvalue weighted by molar-refractivity contribution is 7.16. The maximum absolute atomic E-state index is 9.90. The molecule has 2 aliphatic rings. The standard InChI is InChI=1S/C32H12N4S/c1-35-23(15-33)27-21-13-11-17-7-3-5-9-19(17)25(21)29-30-26-20-10-6-4-8-18(20)12-14-22(26)28(24(16-34)36-2)32(30)37-31(27)29/h3-14H/b27-23-,28-24+. The molecule has 0 atom stereocenters. The molecule has 0 spiro atoms. The smallest absolute Gasteiger partial charge is 0.226 e. The van der Waals surface area contributed by atoms with Crippen molar-refractivity contribution in [2.45, 2.75) is 0 Å². The Morgan fingerprint density at radius 2 is 1.03 bits per heavy atom. The van der Waals surface area contributed by atoms with Crippen LogP contribution in [-0.4, -0.2) is 0 Å². The van der Waals surface area contributed by atoms with Gasteiger partial charge in [-0.1, -0.05) is 72.8 Å². The van der Waals surface area contributed by atoms with Gasteiger partial charge in [0, 0.05) is 32.0 Å². The monoisotopic (exact) mass is 484 g/mol. The van der Waals surface area contributed by atoms with Gasteiger partial charge in [-0.25, -0.2) is 20.2 Å². The fourth-order valence-electron chi connectivity index (χ4n) is 5.75. The van der Waals surface area contributed by atoms with Crippen molar-refractivity contribution in [3.05, 3.63) is 128 Å². The molecule has 0 radical (unpaired) electrons. The zero-order valence-electron chi connectivity index (χ0n) is 19.1. The first-order chi connectivity index (χ1) is 18.2. The minimum absolute atomic E-state index is 0.0459. The molecular formula is C32H12N4S. The van der Waals surface area contributed by atoms with Crippen molar-refractivity contribution >= 4 is 44.0 Å². The van der Waals surface area contributed by atoms with Crippen LogP contribution < -0.4 is 0 Å². The number of nitriles is 2. The number of thiophene rings is 1. The van der Waals surface area contributed by atoms with Gasteiger partial charge in [0.1, 0.15) is 0 Å². The van der Waals surface area contributed by atoms with E-state index in [0.717, 1.165) is 64.7 Å². The van der Waals surface area contributed by atoms with Gasteiger partial charge in [0.25, 0.3) is 11.4 Å². The molecule has 166 valence electrons. The van der Waals surface area contributed by atoms with E-state index in [4.69, 9.17) is 13.1 Å². The van der Waals surface area contributed by atoms with Crippen LogP contribution in [0.4, 0.5) is 0 Å². The topological polar surface area (TPSA) is 56.3 Å². The Morgan fingerprint density at radius 3 is 1.43 bits per heavy atom. The molecule has 37 heavy (non-hydrogen) atoms. The second-order valence-electron chi connectivity index (χ2n) is 8.82. The summed E-state index contributed by atoms with van der Waals surface area (Å²) in [5, 5.41) is 24.0. The molecule has 2 aliphatic carbocycles. The summed E-state index contributed by atoms with van der Waals surface area (Å²) in [6, 6.07) is 28.6. The fraction of sp³-hybridized carbons (Fsp3) is 0. The van der Waals surface area contributed by atoms with E-state index in [1.165, 1.54) is 11.3 Å². The highest BCUT2D eigenvalue weighted by Gasteiger charge is 2.40. The van der Waals surface area contributed by atoms with E-state index in [0.29, 0.717) is 11.1 Å². The molecule has 0 amide bonds. The molecule has 4 nitrogen and oxygen atoms in total. The van der Waals surface area contributed by atoms with Gasteiger partial charge in [0.2, 0.25) is 0 Å². The summed E-state index contributed by atoms with van der Waals surface area (Å²) in [5.41, 5.74) is 7.07. The lowest BCUT2D eigenvalue weighted by Gasteiger charge is -2.11. The Morgan fingerprint density at radius 1 is 0.595 bits per heavy atom. The van der Waals surface area contributed by atoms with Crippen molar-refractivity contribution in [3.63, 3.8) is 0 Å². The first kappa shape index (κ1) is 20.9. The predicted molar refractivity (Wildman–Crippen MR) is 147 cm³/mol. The van der Waals surface area contributed by atoms with Crippen molar-refractivity contribution in [3.8, 4) is 34.4 Å². The average molecular weight is 485 g/mol. The number of nitrogens with zero attached hydrogens (tertiary/aromatic N) is 4. The lowest BCUT2D eigenvalue weighted by Crippen LogP contribution is -1.87. The van der Waals surface area contributed by atoms with Crippen LogP contribution in [0.2, 0.25) is 0 Å². The van der Waals surface area contributed by atoms with E-state index >= 15 is 0 Å². The van der Waals surface area contributed by atoms with Crippen LogP contribution in [0.15, 0.2) is 84.2 Å². The molecule has 7 rings (SSSR count). The Bertz CT molecular complexity index is 1950. The molecule has 0 saturated carbocycles. The maximum atomic E-state index is 9.90. The van der Waals surface area contributed by atoms with E-state index in [1.807, 2.05) is 48.5 Å².